The van der Waals surface area contributed by atoms with Crippen LogP contribution in [0.1, 0.15) is 31.3 Å². The zero-order valence-electron chi connectivity index (χ0n) is 13.8. The average Bonchev–Trinajstić information content (AvgIpc) is 2.50. The van der Waals surface area contributed by atoms with E-state index in [0.29, 0.717) is 0 Å². The minimum absolute atomic E-state index is 0.106. The molecule has 1 aromatic carbocycles. The van der Waals surface area contributed by atoms with Crippen LogP contribution in [0.25, 0.3) is 10.8 Å². The van der Waals surface area contributed by atoms with Gasteiger partial charge in [-0.3, -0.25) is 19.7 Å². The van der Waals surface area contributed by atoms with Crippen molar-refractivity contribution in [3.8, 4) is 0 Å². The van der Waals surface area contributed by atoms with Gasteiger partial charge < -0.3 is 14.5 Å². The molecular weight excluding hydrogens is 332 g/mol. The van der Waals surface area contributed by atoms with Crippen LogP contribution in [0, 0.1) is 10.1 Å². The monoisotopic (exact) mass is 348 g/mol. The minimum atomic E-state index is -0.810. The fraction of sp³-hybridized carbons (Fsp3) is 0.312. The molecule has 1 heterocycles. The van der Waals surface area contributed by atoms with Gasteiger partial charge in [-0.2, -0.15) is 0 Å². The number of ether oxygens (including phenoxy) is 1. The molecule has 0 aliphatic heterocycles. The summed E-state index contributed by atoms with van der Waals surface area (Å²) in [6.07, 6.45) is 0. The summed E-state index contributed by atoms with van der Waals surface area (Å²) in [6, 6.07) is 4.79. The van der Waals surface area contributed by atoms with Gasteiger partial charge in [0.2, 0.25) is 0 Å². The van der Waals surface area contributed by atoms with E-state index in [1.807, 2.05) is 0 Å². The van der Waals surface area contributed by atoms with Crippen molar-refractivity contribution in [1.82, 2.24) is 5.32 Å². The molecule has 9 nitrogen and oxygen atoms in total. The van der Waals surface area contributed by atoms with Crippen LogP contribution >= 0.6 is 0 Å². The fourth-order valence-corrected chi connectivity index (χ4v) is 2.02. The van der Waals surface area contributed by atoms with E-state index in [1.165, 1.54) is 18.2 Å². The summed E-state index contributed by atoms with van der Waals surface area (Å²) in [5, 5.41) is 13.4. The first-order chi connectivity index (χ1) is 11.6. The van der Waals surface area contributed by atoms with Gasteiger partial charge in [0.1, 0.15) is 12.1 Å². The summed E-state index contributed by atoms with van der Waals surface area (Å²) < 4.78 is 9.94. The molecule has 132 valence electrons. The highest BCUT2D eigenvalue weighted by atomic mass is 16.6. The zero-order valence-corrected chi connectivity index (χ0v) is 13.8. The average molecular weight is 348 g/mol. The molecule has 0 saturated carbocycles. The number of nitro benzene ring substituents is 1. The number of nitro groups is 1. The lowest BCUT2D eigenvalue weighted by Gasteiger charge is -2.19. The van der Waals surface area contributed by atoms with Crippen molar-refractivity contribution in [2.24, 2.45) is 0 Å². The van der Waals surface area contributed by atoms with Crippen molar-refractivity contribution < 1.29 is 23.7 Å². The van der Waals surface area contributed by atoms with Gasteiger partial charge in [0.15, 0.2) is 5.76 Å². The molecule has 0 unspecified atom stereocenters. The highest BCUT2D eigenvalue weighted by Crippen LogP contribution is 2.19. The number of amides is 1. The van der Waals surface area contributed by atoms with Crippen LogP contribution in [0.5, 0.6) is 0 Å². The Labute approximate surface area is 141 Å². The fourth-order valence-electron chi connectivity index (χ4n) is 2.02. The maximum Gasteiger partial charge on any atom is 0.344 e. The van der Waals surface area contributed by atoms with Crippen LogP contribution < -0.4 is 10.9 Å². The van der Waals surface area contributed by atoms with Gasteiger partial charge in [-0.1, -0.05) is 0 Å². The molecule has 1 aromatic heterocycles. The van der Waals surface area contributed by atoms with E-state index in [2.05, 4.69) is 5.32 Å². The summed E-state index contributed by atoms with van der Waals surface area (Å²) in [5.74, 6) is -1.82. The largest absolute Gasteiger partial charge is 0.459 e. The van der Waals surface area contributed by atoms with E-state index in [0.717, 1.165) is 6.07 Å². The lowest BCUT2D eigenvalue weighted by Crippen LogP contribution is -2.34. The molecule has 0 atom stereocenters. The highest BCUT2D eigenvalue weighted by molar-refractivity contribution is 5.96. The molecule has 0 spiro atoms. The molecule has 2 aromatic rings. The Morgan fingerprint density at radius 1 is 1.28 bits per heavy atom. The van der Waals surface area contributed by atoms with Crippen molar-refractivity contribution in [3.63, 3.8) is 0 Å². The first kappa shape index (κ1) is 18.1. The van der Waals surface area contributed by atoms with Crippen LogP contribution in [-0.2, 0) is 9.53 Å². The SMILES string of the molecule is CC(C)(C)OC(=O)CNC(=O)c1cc2cc([N+](=O)[O-])ccc2c(=O)o1. The molecule has 0 aliphatic rings. The number of carbonyl (C=O) groups excluding carboxylic acids is 2. The van der Waals surface area contributed by atoms with Crippen LogP contribution in [-0.4, -0.2) is 28.9 Å². The smallest absolute Gasteiger partial charge is 0.344 e. The molecule has 2 rings (SSSR count). The molecule has 0 bridgehead atoms. The lowest BCUT2D eigenvalue weighted by atomic mass is 10.1. The van der Waals surface area contributed by atoms with Gasteiger partial charge in [-0.15, -0.1) is 0 Å². The van der Waals surface area contributed by atoms with Crippen LogP contribution in [0.3, 0.4) is 0 Å². The second kappa shape index (κ2) is 6.71. The normalized spacial score (nSPS) is 11.2. The third kappa shape index (κ3) is 4.63. The highest BCUT2D eigenvalue weighted by Gasteiger charge is 2.19. The van der Waals surface area contributed by atoms with Crippen molar-refractivity contribution in [2.75, 3.05) is 6.54 Å². The Morgan fingerprint density at radius 3 is 2.56 bits per heavy atom. The molecular formula is C16H16N2O7. The van der Waals surface area contributed by atoms with Crippen molar-refractivity contribution in [3.05, 3.63) is 50.6 Å². The second-order valence-corrected chi connectivity index (χ2v) is 6.20. The van der Waals surface area contributed by atoms with Crippen molar-refractivity contribution in [2.45, 2.75) is 26.4 Å². The standard InChI is InChI=1S/C16H16N2O7/c1-16(2,3)25-13(19)8-17-14(20)12-7-9-6-10(18(22)23)4-5-11(9)15(21)24-12/h4-7H,8H2,1-3H3,(H,17,20). The van der Waals surface area contributed by atoms with E-state index >= 15 is 0 Å². The lowest BCUT2D eigenvalue weighted by molar-refractivity contribution is -0.384. The number of esters is 1. The third-order valence-electron chi connectivity index (χ3n) is 2.99. The summed E-state index contributed by atoms with van der Waals surface area (Å²) >= 11 is 0. The molecule has 0 fully saturated rings. The van der Waals surface area contributed by atoms with Crippen molar-refractivity contribution in [1.29, 1.82) is 0 Å². The Hall–Kier alpha value is -3.23. The predicted octanol–water partition coefficient (Wildman–Crippen LogP) is 1.77. The number of hydrogen-bond donors (Lipinski definition) is 1. The molecule has 0 saturated heterocycles. The molecule has 1 amide bonds. The van der Waals surface area contributed by atoms with Gasteiger partial charge in [0.05, 0.1) is 10.3 Å². The zero-order chi connectivity index (χ0) is 18.8. The van der Waals surface area contributed by atoms with Gasteiger partial charge in [0.25, 0.3) is 11.6 Å². The molecule has 9 heteroatoms. The first-order valence-corrected chi connectivity index (χ1v) is 7.29. The molecule has 0 radical (unpaired) electrons. The number of non-ortho nitro benzene ring substituents is 1. The van der Waals surface area contributed by atoms with E-state index in [-0.39, 0.29) is 22.2 Å². The van der Waals surface area contributed by atoms with E-state index in [1.54, 1.807) is 20.8 Å². The quantitative estimate of drug-likeness (QED) is 0.506. The number of nitrogens with zero attached hydrogens (tertiary/aromatic N) is 1. The van der Waals surface area contributed by atoms with Crippen molar-refractivity contribution >= 4 is 28.3 Å². The summed E-state index contributed by atoms with van der Waals surface area (Å²) in [7, 11) is 0. The van der Waals surface area contributed by atoms with E-state index in [4.69, 9.17) is 9.15 Å². The topological polar surface area (TPSA) is 129 Å². The summed E-state index contributed by atoms with van der Waals surface area (Å²) in [5.41, 5.74) is -1.73. The molecule has 0 aliphatic carbocycles. The summed E-state index contributed by atoms with van der Waals surface area (Å²) in [4.78, 5) is 45.7. The Bertz CT molecular complexity index is 909. The van der Waals surface area contributed by atoms with Gasteiger partial charge in [-0.25, -0.2) is 4.79 Å². The number of rotatable bonds is 4. The third-order valence-corrected chi connectivity index (χ3v) is 2.99. The number of nitrogens with one attached hydrogen (secondary N) is 1. The number of hydrogen-bond acceptors (Lipinski definition) is 7. The molecule has 25 heavy (non-hydrogen) atoms. The number of benzene rings is 1. The van der Waals surface area contributed by atoms with Crippen LogP contribution in [0.4, 0.5) is 5.69 Å². The summed E-state index contributed by atoms with van der Waals surface area (Å²) in [6.45, 7) is 4.64. The maximum absolute atomic E-state index is 12.0. The Balaban J connectivity index is 2.22. The number of carbonyl (C=O) groups is 2. The van der Waals surface area contributed by atoms with E-state index < -0.39 is 34.6 Å². The molecule has 1 N–H and O–H groups in total. The predicted molar refractivity (Wildman–Crippen MR) is 87.3 cm³/mol. The van der Waals surface area contributed by atoms with Crippen LogP contribution in [0.2, 0.25) is 0 Å². The maximum atomic E-state index is 12.0. The Kier molecular flexibility index (Phi) is 4.87. The minimum Gasteiger partial charge on any atom is -0.459 e. The Morgan fingerprint density at radius 2 is 1.96 bits per heavy atom. The van der Waals surface area contributed by atoms with Gasteiger partial charge >= 0.3 is 11.6 Å². The van der Waals surface area contributed by atoms with Gasteiger partial charge in [-0.05, 0) is 38.3 Å². The van der Waals surface area contributed by atoms with E-state index in [9.17, 15) is 24.5 Å². The van der Waals surface area contributed by atoms with Gasteiger partial charge in [0, 0.05) is 12.1 Å². The van der Waals surface area contributed by atoms with Crippen LogP contribution in [0.15, 0.2) is 33.5 Å². The second-order valence-electron chi connectivity index (χ2n) is 6.20. The number of fused-ring (bicyclic) bond motifs is 1. The first-order valence-electron chi connectivity index (χ1n) is 7.29.